The Hall–Kier alpha value is -2.42. The van der Waals surface area contributed by atoms with Gasteiger partial charge in [0.25, 0.3) is 0 Å². The fourth-order valence-corrected chi connectivity index (χ4v) is 7.46. The molecule has 4 rings (SSSR count). The molecule has 0 unspecified atom stereocenters. The molecule has 7 nitrogen and oxygen atoms in total. The van der Waals surface area contributed by atoms with Crippen LogP contribution in [-0.2, 0) is 26.0 Å². The van der Waals surface area contributed by atoms with E-state index in [0.717, 1.165) is 28.0 Å². The minimum absolute atomic E-state index is 0.0864. The Morgan fingerprint density at radius 3 is 2.24 bits per heavy atom. The summed E-state index contributed by atoms with van der Waals surface area (Å²) in [7, 11) is -2.09. The number of methoxy groups -OCH3 is 1. The summed E-state index contributed by atoms with van der Waals surface area (Å²) in [5, 5.41) is 0. The van der Waals surface area contributed by atoms with Crippen LogP contribution in [0, 0.1) is 20.8 Å². The molecule has 2 aliphatic heterocycles. The fraction of sp³-hybridized carbons (Fsp3) is 0.500. The number of nitrogens with zero attached hydrogens (tertiary/aromatic N) is 2. The van der Waals surface area contributed by atoms with Crippen LogP contribution in [0.3, 0.4) is 0 Å². The van der Waals surface area contributed by atoms with Crippen LogP contribution in [-0.4, -0.2) is 62.6 Å². The van der Waals surface area contributed by atoms with Crippen molar-refractivity contribution in [2.45, 2.75) is 57.1 Å². The van der Waals surface area contributed by atoms with Crippen molar-refractivity contribution in [3.63, 3.8) is 0 Å². The first kappa shape index (κ1) is 24.7. The van der Waals surface area contributed by atoms with E-state index in [1.54, 1.807) is 11.4 Å². The second-order valence-electron chi connectivity index (χ2n) is 9.33. The molecular formula is C26H34N2O5S. The molecule has 0 N–H and O–H groups in total. The summed E-state index contributed by atoms with van der Waals surface area (Å²) >= 11 is 0. The predicted octanol–water partition coefficient (Wildman–Crippen LogP) is 3.59. The highest BCUT2D eigenvalue weighted by Gasteiger charge is 2.51. The number of hydrogen-bond donors (Lipinski definition) is 0. The standard InChI is InChI=1S/C26H34N2O5S/c1-19-17-20(2)25(21(3)18-19)34(30,31)28-15-16-33-26(28)11-13-27(14-12-26)24(29)10-7-22-5-8-23(32-4)9-6-22/h5-6,8-9,17-18H,7,10-16H2,1-4H3. The van der Waals surface area contributed by atoms with Gasteiger partial charge in [0.1, 0.15) is 11.5 Å². The zero-order valence-corrected chi connectivity index (χ0v) is 21.3. The highest BCUT2D eigenvalue weighted by atomic mass is 32.2. The van der Waals surface area contributed by atoms with Gasteiger partial charge in [0, 0.05) is 38.9 Å². The summed E-state index contributed by atoms with van der Waals surface area (Å²) in [6.07, 6.45) is 2.03. The van der Waals surface area contributed by atoms with Crippen molar-refractivity contribution in [1.29, 1.82) is 0 Å². The highest BCUT2D eigenvalue weighted by molar-refractivity contribution is 7.89. The van der Waals surface area contributed by atoms with Crippen molar-refractivity contribution in [2.24, 2.45) is 0 Å². The van der Waals surface area contributed by atoms with Gasteiger partial charge in [-0.15, -0.1) is 0 Å². The Morgan fingerprint density at radius 1 is 1.03 bits per heavy atom. The number of carbonyl (C=O) groups excluding carboxylic acids is 1. The lowest BCUT2D eigenvalue weighted by molar-refractivity contribution is -0.140. The van der Waals surface area contributed by atoms with Crippen molar-refractivity contribution < 1.29 is 22.7 Å². The molecule has 1 spiro atoms. The molecule has 0 aliphatic carbocycles. The van der Waals surface area contributed by atoms with E-state index < -0.39 is 15.7 Å². The number of piperidine rings is 1. The van der Waals surface area contributed by atoms with E-state index in [2.05, 4.69) is 0 Å². The first-order chi connectivity index (χ1) is 16.2. The van der Waals surface area contributed by atoms with Crippen LogP contribution in [0.5, 0.6) is 5.75 Å². The van der Waals surface area contributed by atoms with Gasteiger partial charge in [-0.25, -0.2) is 8.42 Å². The Bertz CT molecular complexity index is 1130. The number of carbonyl (C=O) groups is 1. The molecular weight excluding hydrogens is 452 g/mol. The zero-order chi connectivity index (χ0) is 24.5. The van der Waals surface area contributed by atoms with Crippen molar-refractivity contribution >= 4 is 15.9 Å². The van der Waals surface area contributed by atoms with Crippen molar-refractivity contribution in [3.8, 4) is 5.75 Å². The van der Waals surface area contributed by atoms with Crippen molar-refractivity contribution in [2.75, 3.05) is 33.4 Å². The molecule has 2 saturated heterocycles. The molecule has 0 radical (unpaired) electrons. The van der Waals surface area contributed by atoms with Gasteiger partial charge in [0.15, 0.2) is 0 Å². The molecule has 8 heteroatoms. The fourth-order valence-electron chi connectivity index (χ4n) is 5.32. The first-order valence-corrected chi connectivity index (χ1v) is 13.3. The van der Waals surface area contributed by atoms with Crippen molar-refractivity contribution in [1.82, 2.24) is 9.21 Å². The molecule has 2 aliphatic rings. The molecule has 34 heavy (non-hydrogen) atoms. The number of aryl methyl sites for hydroxylation is 4. The number of ether oxygens (including phenoxy) is 2. The van der Waals surface area contributed by atoms with E-state index in [0.29, 0.717) is 56.8 Å². The minimum Gasteiger partial charge on any atom is -0.497 e. The molecule has 2 aromatic carbocycles. The minimum atomic E-state index is -3.72. The molecule has 2 fully saturated rings. The van der Waals surface area contributed by atoms with Crippen LogP contribution in [0.4, 0.5) is 0 Å². The maximum absolute atomic E-state index is 13.7. The maximum atomic E-state index is 13.7. The van der Waals surface area contributed by atoms with E-state index in [9.17, 15) is 13.2 Å². The summed E-state index contributed by atoms with van der Waals surface area (Å²) in [4.78, 5) is 15.1. The lowest BCUT2D eigenvalue weighted by atomic mass is 10.00. The lowest BCUT2D eigenvalue weighted by Crippen LogP contribution is -2.55. The highest BCUT2D eigenvalue weighted by Crippen LogP contribution is 2.39. The average Bonchev–Trinajstić information content (AvgIpc) is 3.21. The number of rotatable bonds is 6. The molecule has 0 aromatic heterocycles. The van der Waals surface area contributed by atoms with E-state index >= 15 is 0 Å². The van der Waals surface area contributed by atoms with Gasteiger partial charge in [-0.1, -0.05) is 29.8 Å². The number of benzene rings is 2. The third-order valence-electron chi connectivity index (χ3n) is 6.96. The van der Waals surface area contributed by atoms with E-state index in [4.69, 9.17) is 9.47 Å². The Balaban J connectivity index is 1.43. The Morgan fingerprint density at radius 2 is 1.65 bits per heavy atom. The molecule has 0 saturated carbocycles. The average molecular weight is 487 g/mol. The maximum Gasteiger partial charge on any atom is 0.246 e. The first-order valence-electron chi connectivity index (χ1n) is 11.8. The van der Waals surface area contributed by atoms with Crippen LogP contribution < -0.4 is 4.74 Å². The molecule has 1 amide bonds. The smallest absolute Gasteiger partial charge is 0.246 e. The van der Waals surface area contributed by atoms with Crippen LogP contribution in [0.15, 0.2) is 41.3 Å². The zero-order valence-electron chi connectivity index (χ0n) is 20.5. The van der Waals surface area contributed by atoms with Crippen LogP contribution >= 0.6 is 0 Å². The second-order valence-corrected chi connectivity index (χ2v) is 11.1. The topological polar surface area (TPSA) is 76.2 Å². The number of likely N-dealkylation sites (tertiary alicyclic amines) is 1. The van der Waals surface area contributed by atoms with Crippen LogP contribution in [0.25, 0.3) is 0 Å². The quantitative estimate of drug-likeness (QED) is 0.624. The van der Waals surface area contributed by atoms with Gasteiger partial charge in [-0.3, -0.25) is 4.79 Å². The van der Waals surface area contributed by atoms with E-state index in [1.165, 1.54) is 0 Å². The van der Waals surface area contributed by atoms with Gasteiger partial charge in [0.05, 0.1) is 18.6 Å². The van der Waals surface area contributed by atoms with E-state index in [-0.39, 0.29) is 5.91 Å². The van der Waals surface area contributed by atoms with Gasteiger partial charge < -0.3 is 14.4 Å². The van der Waals surface area contributed by atoms with Gasteiger partial charge in [-0.05, 0) is 56.0 Å². The predicted molar refractivity (Wildman–Crippen MR) is 130 cm³/mol. The molecule has 2 heterocycles. The van der Waals surface area contributed by atoms with Crippen LogP contribution in [0.1, 0.15) is 41.5 Å². The SMILES string of the molecule is COc1ccc(CCC(=O)N2CCC3(CC2)OCCN3S(=O)(=O)c2c(C)cc(C)cc2C)cc1. The normalized spacial score (nSPS) is 18.4. The molecule has 0 bridgehead atoms. The molecule has 184 valence electrons. The summed E-state index contributed by atoms with van der Waals surface area (Å²) in [6, 6.07) is 11.6. The molecule has 2 aromatic rings. The van der Waals surface area contributed by atoms with Gasteiger partial charge in [0.2, 0.25) is 15.9 Å². The lowest BCUT2D eigenvalue weighted by Gasteiger charge is -2.43. The van der Waals surface area contributed by atoms with Crippen molar-refractivity contribution in [3.05, 3.63) is 58.7 Å². The van der Waals surface area contributed by atoms with Gasteiger partial charge in [-0.2, -0.15) is 4.31 Å². The summed E-state index contributed by atoms with van der Waals surface area (Å²) in [6.45, 7) is 7.34. The van der Waals surface area contributed by atoms with E-state index in [1.807, 2.05) is 62.1 Å². The largest absolute Gasteiger partial charge is 0.497 e. The number of hydrogen-bond acceptors (Lipinski definition) is 5. The monoisotopic (exact) mass is 486 g/mol. The Kier molecular flexibility index (Phi) is 7.03. The third-order valence-corrected chi connectivity index (χ3v) is 9.21. The second kappa shape index (κ2) is 9.68. The molecule has 0 atom stereocenters. The number of amides is 1. The third kappa shape index (κ3) is 4.72. The number of sulfonamides is 1. The van der Waals surface area contributed by atoms with Crippen LogP contribution in [0.2, 0.25) is 0 Å². The summed E-state index contributed by atoms with van der Waals surface area (Å²) in [5.41, 5.74) is 2.76. The summed E-state index contributed by atoms with van der Waals surface area (Å²) in [5.74, 6) is 0.881. The van der Waals surface area contributed by atoms with Gasteiger partial charge >= 0.3 is 0 Å². The summed E-state index contributed by atoms with van der Waals surface area (Å²) < 4.78 is 40.3. The Labute approximate surface area is 202 Å².